The molecule has 8 heteroatoms. The van der Waals surface area contributed by atoms with Crippen LogP contribution in [0.3, 0.4) is 0 Å². The van der Waals surface area contributed by atoms with Gasteiger partial charge >= 0.3 is 0 Å². The molecule has 0 aromatic carbocycles. The van der Waals surface area contributed by atoms with Crippen LogP contribution in [0.4, 0.5) is 0 Å². The summed E-state index contributed by atoms with van der Waals surface area (Å²) in [7, 11) is 0. The van der Waals surface area contributed by atoms with Crippen LogP contribution >= 0.6 is 0 Å². The first-order valence-corrected chi connectivity index (χ1v) is 8.82. The number of aryl methyl sites for hydroxylation is 2. The Bertz CT molecular complexity index is 817. The number of rotatable bonds is 5. The molecule has 2 aromatic heterocycles. The van der Waals surface area contributed by atoms with Crippen molar-refractivity contribution in [3.63, 3.8) is 0 Å². The van der Waals surface area contributed by atoms with Crippen LogP contribution in [-0.2, 0) is 17.8 Å². The van der Waals surface area contributed by atoms with Crippen molar-refractivity contribution in [1.82, 2.24) is 25.3 Å². The Morgan fingerprint density at radius 1 is 1.38 bits per heavy atom. The molecule has 1 aliphatic rings. The zero-order valence-corrected chi connectivity index (χ0v) is 15.3. The lowest BCUT2D eigenvalue weighted by atomic mass is 10.1. The minimum absolute atomic E-state index is 0.0392. The fraction of sp³-hybridized carbons (Fsp3) is 0.500. The van der Waals surface area contributed by atoms with Gasteiger partial charge in [-0.25, -0.2) is 0 Å². The molecule has 26 heavy (non-hydrogen) atoms. The minimum Gasteiger partial charge on any atom is -0.361 e. The second-order valence-electron chi connectivity index (χ2n) is 6.40. The number of carbonyl (C=O) groups excluding carboxylic acids is 2. The van der Waals surface area contributed by atoms with E-state index >= 15 is 0 Å². The van der Waals surface area contributed by atoms with Gasteiger partial charge in [0.1, 0.15) is 11.3 Å². The molecule has 0 unspecified atom stereocenters. The smallest absolute Gasteiger partial charge is 0.257 e. The summed E-state index contributed by atoms with van der Waals surface area (Å²) in [5.74, 6) is 0.310. The molecule has 1 saturated heterocycles. The highest BCUT2D eigenvalue weighted by Crippen LogP contribution is 2.30. The maximum absolute atomic E-state index is 12.4. The summed E-state index contributed by atoms with van der Waals surface area (Å²) < 4.78 is 5.10. The molecule has 1 atom stereocenters. The number of hydrogen-bond donors (Lipinski definition) is 1. The van der Waals surface area contributed by atoms with Gasteiger partial charge in [-0.1, -0.05) is 12.1 Å². The Labute approximate surface area is 152 Å². The van der Waals surface area contributed by atoms with Crippen molar-refractivity contribution in [1.29, 1.82) is 0 Å². The maximum Gasteiger partial charge on any atom is 0.257 e. The quantitative estimate of drug-likeness (QED) is 0.878. The van der Waals surface area contributed by atoms with Crippen LogP contribution in [-0.4, -0.2) is 38.4 Å². The van der Waals surface area contributed by atoms with Gasteiger partial charge in [0.15, 0.2) is 0 Å². The highest BCUT2D eigenvalue weighted by molar-refractivity contribution is 5.96. The third kappa shape index (κ3) is 3.58. The molecule has 3 heterocycles. The third-order valence-electron chi connectivity index (χ3n) is 4.63. The minimum atomic E-state index is -0.237. The van der Waals surface area contributed by atoms with Gasteiger partial charge in [-0.05, 0) is 26.2 Å². The van der Waals surface area contributed by atoms with Gasteiger partial charge < -0.3 is 14.7 Å². The Morgan fingerprint density at radius 2 is 2.19 bits per heavy atom. The van der Waals surface area contributed by atoms with Crippen molar-refractivity contribution in [3.8, 4) is 0 Å². The monoisotopic (exact) mass is 357 g/mol. The van der Waals surface area contributed by atoms with Crippen molar-refractivity contribution in [2.75, 3.05) is 6.54 Å². The molecule has 8 nitrogen and oxygen atoms in total. The summed E-state index contributed by atoms with van der Waals surface area (Å²) in [5.41, 5.74) is 2.54. The third-order valence-corrected chi connectivity index (χ3v) is 4.63. The largest absolute Gasteiger partial charge is 0.361 e. The Hall–Kier alpha value is -2.77. The number of carbonyl (C=O) groups is 2. The Morgan fingerprint density at radius 3 is 2.92 bits per heavy atom. The molecule has 1 fully saturated rings. The summed E-state index contributed by atoms with van der Waals surface area (Å²) in [6, 6.07) is -0.0392. The van der Waals surface area contributed by atoms with E-state index in [1.54, 1.807) is 26.2 Å². The average molecular weight is 357 g/mol. The molecule has 2 amide bonds. The van der Waals surface area contributed by atoms with Crippen LogP contribution in [0.2, 0.25) is 0 Å². The number of amides is 2. The van der Waals surface area contributed by atoms with E-state index in [-0.39, 0.29) is 24.4 Å². The van der Waals surface area contributed by atoms with E-state index in [0.29, 0.717) is 29.1 Å². The van der Waals surface area contributed by atoms with Crippen LogP contribution in [0.25, 0.3) is 0 Å². The molecule has 1 aliphatic heterocycles. The first-order valence-electron chi connectivity index (χ1n) is 8.82. The molecular weight excluding hydrogens is 334 g/mol. The lowest BCUT2D eigenvalue weighted by molar-refractivity contribution is -0.129. The number of nitrogens with one attached hydrogen (secondary N) is 1. The van der Waals surface area contributed by atoms with Gasteiger partial charge in [0.2, 0.25) is 5.91 Å². The first kappa shape index (κ1) is 18.0. The fourth-order valence-electron chi connectivity index (χ4n) is 3.33. The van der Waals surface area contributed by atoms with Crippen molar-refractivity contribution in [2.45, 2.75) is 52.6 Å². The van der Waals surface area contributed by atoms with Gasteiger partial charge in [-0.15, -0.1) is 0 Å². The number of likely N-dealkylation sites (tertiary alicyclic amines) is 1. The molecule has 138 valence electrons. The second-order valence-corrected chi connectivity index (χ2v) is 6.40. The molecule has 1 N–H and O–H groups in total. The molecule has 0 aliphatic carbocycles. The Balaban J connectivity index is 1.70. The molecule has 0 bridgehead atoms. The summed E-state index contributed by atoms with van der Waals surface area (Å²) in [6.07, 6.45) is 5.77. The van der Waals surface area contributed by atoms with Crippen molar-refractivity contribution >= 4 is 11.8 Å². The van der Waals surface area contributed by atoms with Crippen LogP contribution < -0.4 is 5.32 Å². The summed E-state index contributed by atoms with van der Waals surface area (Å²) in [6.45, 7) is 6.21. The van der Waals surface area contributed by atoms with Crippen molar-refractivity contribution in [2.24, 2.45) is 0 Å². The average Bonchev–Trinajstić information content (AvgIpc) is 3.26. The lowest BCUT2D eigenvalue weighted by Crippen LogP contribution is -2.29. The van der Waals surface area contributed by atoms with E-state index in [9.17, 15) is 9.59 Å². The summed E-state index contributed by atoms with van der Waals surface area (Å²) >= 11 is 0. The number of nitrogens with zero attached hydrogens (tertiary/aromatic N) is 4. The fourth-order valence-corrected chi connectivity index (χ4v) is 3.33. The van der Waals surface area contributed by atoms with E-state index in [2.05, 4.69) is 20.4 Å². The van der Waals surface area contributed by atoms with Crippen LogP contribution in [0.15, 0.2) is 16.9 Å². The summed E-state index contributed by atoms with van der Waals surface area (Å²) in [4.78, 5) is 34.9. The van der Waals surface area contributed by atoms with Gasteiger partial charge in [0.05, 0.1) is 42.1 Å². The maximum atomic E-state index is 12.4. The van der Waals surface area contributed by atoms with Crippen molar-refractivity contribution < 1.29 is 14.1 Å². The molecule has 0 radical (unpaired) electrons. The topological polar surface area (TPSA) is 101 Å². The Kier molecular flexibility index (Phi) is 5.29. The standard InChI is InChI=1S/C18H23N5O3/c1-4-14-17(11(2)26-22-14)18(25)20-9-13-8-19-10-15(21-13)16-6-5-7-23(16)12(3)24/h8,10,16H,4-7,9H2,1-3H3,(H,20,25)/t16-/m0/s1. The predicted molar refractivity (Wildman–Crippen MR) is 93.2 cm³/mol. The lowest BCUT2D eigenvalue weighted by Gasteiger charge is -2.22. The molecular formula is C18H23N5O3. The summed E-state index contributed by atoms with van der Waals surface area (Å²) in [5, 5.41) is 6.75. The van der Waals surface area contributed by atoms with Crippen molar-refractivity contribution in [3.05, 3.63) is 40.8 Å². The van der Waals surface area contributed by atoms with Crippen LogP contribution in [0.5, 0.6) is 0 Å². The van der Waals surface area contributed by atoms with Gasteiger partial charge in [-0.3, -0.25) is 19.6 Å². The van der Waals surface area contributed by atoms with Crippen LogP contribution in [0, 0.1) is 6.92 Å². The van der Waals surface area contributed by atoms with Crippen LogP contribution in [0.1, 0.15) is 65.9 Å². The van der Waals surface area contributed by atoms with E-state index in [0.717, 1.165) is 25.1 Å². The zero-order chi connectivity index (χ0) is 18.7. The molecule has 0 saturated carbocycles. The van der Waals surface area contributed by atoms with Gasteiger partial charge in [0, 0.05) is 13.5 Å². The first-order chi connectivity index (χ1) is 12.5. The van der Waals surface area contributed by atoms with Gasteiger partial charge in [-0.2, -0.15) is 0 Å². The van der Waals surface area contributed by atoms with E-state index in [1.807, 2.05) is 11.8 Å². The normalized spacial score (nSPS) is 16.7. The molecule has 3 rings (SSSR count). The highest BCUT2D eigenvalue weighted by atomic mass is 16.5. The molecule has 0 spiro atoms. The highest BCUT2D eigenvalue weighted by Gasteiger charge is 2.29. The van der Waals surface area contributed by atoms with E-state index in [1.165, 1.54) is 0 Å². The molecule has 2 aromatic rings. The van der Waals surface area contributed by atoms with Gasteiger partial charge in [0.25, 0.3) is 5.91 Å². The zero-order valence-electron chi connectivity index (χ0n) is 15.3. The predicted octanol–water partition coefficient (Wildman–Crippen LogP) is 1.95. The SMILES string of the molecule is CCc1noc(C)c1C(=O)NCc1cncc([C@@H]2CCCN2C(C)=O)n1. The number of aromatic nitrogens is 3. The van der Waals surface area contributed by atoms with E-state index in [4.69, 9.17) is 4.52 Å². The second kappa shape index (κ2) is 7.63. The van der Waals surface area contributed by atoms with E-state index < -0.39 is 0 Å². The number of hydrogen-bond acceptors (Lipinski definition) is 6.